The van der Waals surface area contributed by atoms with Crippen LogP contribution in [0.15, 0.2) is 6.20 Å². The van der Waals surface area contributed by atoms with Crippen molar-refractivity contribution in [2.24, 2.45) is 5.73 Å². The maximum absolute atomic E-state index is 10.6. The Balaban J connectivity index is 2.97. The molecule has 1 rings (SSSR count). The van der Waals surface area contributed by atoms with Crippen LogP contribution in [0.2, 0.25) is 0 Å². The standard InChI is InChI=1S/C7H10N4O4/c8-6(13)3-5-4-10(1-2-12)7(9-5)11(14)15/h4,12H,1-3H2,(H2,8,13). The van der Waals surface area contributed by atoms with Gasteiger partial charge in [-0.3, -0.25) is 4.79 Å². The molecule has 0 atom stereocenters. The molecule has 1 heterocycles. The van der Waals surface area contributed by atoms with E-state index in [9.17, 15) is 14.9 Å². The van der Waals surface area contributed by atoms with E-state index in [1.165, 1.54) is 6.20 Å². The minimum Gasteiger partial charge on any atom is -0.393 e. The van der Waals surface area contributed by atoms with Crippen LogP contribution >= 0.6 is 0 Å². The van der Waals surface area contributed by atoms with Crippen LogP contribution in [0.3, 0.4) is 0 Å². The smallest absolute Gasteiger partial charge is 0.393 e. The number of imidazole rings is 1. The van der Waals surface area contributed by atoms with Gasteiger partial charge in [0.15, 0.2) is 5.69 Å². The number of aliphatic hydroxyl groups is 1. The van der Waals surface area contributed by atoms with Gasteiger partial charge in [0.05, 0.1) is 19.6 Å². The summed E-state index contributed by atoms with van der Waals surface area (Å²) in [6.07, 6.45) is 1.18. The number of nitrogens with zero attached hydrogens (tertiary/aromatic N) is 3. The zero-order valence-corrected chi connectivity index (χ0v) is 7.79. The van der Waals surface area contributed by atoms with Crippen LogP contribution in [0.25, 0.3) is 0 Å². The summed E-state index contributed by atoms with van der Waals surface area (Å²) in [5, 5.41) is 19.2. The van der Waals surface area contributed by atoms with Crippen molar-refractivity contribution < 1.29 is 14.8 Å². The molecule has 0 spiro atoms. The van der Waals surface area contributed by atoms with E-state index in [-0.39, 0.29) is 25.3 Å². The molecule has 0 unspecified atom stereocenters. The molecule has 15 heavy (non-hydrogen) atoms. The lowest BCUT2D eigenvalue weighted by molar-refractivity contribution is -0.396. The van der Waals surface area contributed by atoms with E-state index >= 15 is 0 Å². The molecule has 0 radical (unpaired) electrons. The summed E-state index contributed by atoms with van der Waals surface area (Å²) < 4.78 is 1.16. The quantitative estimate of drug-likeness (QED) is 0.471. The highest BCUT2D eigenvalue weighted by atomic mass is 16.6. The van der Waals surface area contributed by atoms with Crippen molar-refractivity contribution in [3.8, 4) is 0 Å². The second-order valence-electron chi connectivity index (χ2n) is 2.85. The number of aromatic nitrogens is 2. The highest BCUT2D eigenvalue weighted by Gasteiger charge is 2.19. The first-order chi connectivity index (χ1) is 7.04. The fraction of sp³-hybridized carbons (Fsp3) is 0.429. The molecule has 0 aliphatic carbocycles. The Morgan fingerprint density at radius 2 is 2.40 bits per heavy atom. The maximum Gasteiger partial charge on any atom is 0.434 e. The van der Waals surface area contributed by atoms with Crippen molar-refractivity contribution in [3.05, 3.63) is 22.0 Å². The van der Waals surface area contributed by atoms with Crippen LogP contribution < -0.4 is 5.73 Å². The van der Waals surface area contributed by atoms with Crippen LogP contribution in [0.1, 0.15) is 5.69 Å². The second-order valence-corrected chi connectivity index (χ2v) is 2.85. The molecule has 1 amide bonds. The average Bonchev–Trinajstić information content (AvgIpc) is 2.47. The Labute approximate surface area is 84.5 Å². The Bertz CT molecular complexity index is 386. The van der Waals surface area contributed by atoms with Crippen molar-refractivity contribution in [1.82, 2.24) is 9.55 Å². The molecule has 0 aromatic carbocycles. The van der Waals surface area contributed by atoms with Crippen LogP contribution in [0.4, 0.5) is 5.95 Å². The van der Waals surface area contributed by atoms with Gasteiger partial charge in [0, 0.05) is 0 Å². The summed E-state index contributed by atoms with van der Waals surface area (Å²) in [5.74, 6) is -1.01. The normalized spacial score (nSPS) is 10.2. The van der Waals surface area contributed by atoms with E-state index < -0.39 is 16.8 Å². The fourth-order valence-corrected chi connectivity index (χ4v) is 1.14. The third-order valence-corrected chi connectivity index (χ3v) is 1.66. The lowest BCUT2D eigenvalue weighted by atomic mass is 10.3. The van der Waals surface area contributed by atoms with Gasteiger partial charge in [-0.05, 0) is 4.92 Å². The SMILES string of the molecule is NC(=O)Cc1cn(CCO)c([N+](=O)[O-])n1. The van der Waals surface area contributed by atoms with Gasteiger partial charge in [0.25, 0.3) is 0 Å². The molecule has 82 valence electrons. The van der Waals surface area contributed by atoms with Gasteiger partial charge >= 0.3 is 5.95 Å². The molecular formula is C7H10N4O4. The molecule has 8 heteroatoms. The Hall–Kier alpha value is -1.96. The first-order valence-corrected chi connectivity index (χ1v) is 4.14. The molecule has 0 saturated heterocycles. The molecule has 8 nitrogen and oxygen atoms in total. The van der Waals surface area contributed by atoms with Crippen molar-refractivity contribution >= 4 is 11.9 Å². The van der Waals surface area contributed by atoms with Crippen LogP contribution in [0, 0.1) is 10.1 Å². The van der Waals surface area contributed by atoms with E-state index in [0.717, 1.165) is 4.57 Å². The summed E-state index contributed by atoms with van der Waals surface area (Å²) >= 11 is 0. The average molecular weight is 214 g/mol. The second kappa shape index (κ2) is 4.51. The van der Waals surface area contributed by atoms with Crippen molar-refractivity contribution in [2.75, 3.05) is 6.61 Å². The number of hydrogen-bond acceptors (Lipinski definition) is 5. The first kappa shape index (κ1) is 11.1. The molecule has 3 N–H and O–H groups in total. The zero-order valence-electron chi connectivity index (χ0n) is 7.79. The van der Waals surface area contributed by atoms with Gasteiger partial charge < -0.3 is 21.0 Å². The summed E-state index contributed by atoms with van der Waals surface area (Å²) in [6.45, 7) is -0.185. The van der Waals surface area contributed by atoms with Gasteiger partial charge in [0.1, 0.15) is 6.20 Å². The lowest BCUT2D eigenvalue weighted by Crippen LogP contribution is -2.13. The van der Waals surface area contributed by atoms with Crippen molar-refractivity contribution in [2.45, 2.75) is 13.0 Å². The fourth-order valence-electron chi connectivity index (χ4n) is 1.14. The number of nitro groups is 1. The molecular weight excluding hydrogens is 204 g/mol. The molecule has 0 saturated carbocycles. The monoisotopic (exact) mass is 214 g/mol. The number of primary amides is 1. The maximum atomic E-state index is 10.6. The van der Waals surface area contributed by atoms with Crippen LogP contribution in [0.5, 0.6) is 0 Å². The molecule has 0 aliphatic heterocycles. The van der Waals surface area contributed by atoms with E-state index in [2.05, 4.69) is 4.98 Å². The van der Waals surface area contributed by atoms with Crippen LogP contribution in [-0.2, 0) is 17.8 Å². The summed E-state index contributed by atoms with van der Waals surface area (Å²) in [5.41, 5.74) is 5.15. The largest absolute Gasteiger partial charge is 0.434 e. The Morgan fingerprint density at radius 1 is 1.73 bits per heavy atom. The third kappa shape index (κ3) is 2.74. The van der Waals surface area contributed by atoms with Gasteiger partial charge in [-0.15, -0.1) is 0 Å². The van der Waals surface area contributed by atoms with E-state index in [1.807, 2.05) is 0 Å². The number of aliphatic hydroxyl groups excluding tert-OH is 1. The van der Waals surface area contributed by atoms with E-state index in [1.54, 1.807) is 0 Å². The van der Waals surface area contributed by atoms with Crippen LogP contribution in [-0.4, -0.2) is 32.1 Å². The van der Waals surface area contributed by atoms with Gasteiger partial charge in [-0.25, -0.2) is 4.57 Å². The minimum absolute atomic E-state index is 0.0576. The van der Waals surface area contributed by atoms with Gasteiger partial charge in [0.2, 0.25) is 5.91 Å². The molecule has 1 aromatic rings. The number of nitrogens with two attached hydrogens (primary N) is 1. The number of rotatable bonds is 5. The molecule has 1 aromatic heterocycles. The Morgan fingerprint density at radius 3 is 2.87 bits per heavy atom. The number of hydrogen-bond donors (Lipinski definition) is 2. The summed E-state index contributed by atoms with van der Waals surface area (Å²) in [4.78, 5) is 24.0. The summed E-state index contributed by atoms with van der Waals surface area (Å²) in [6, 6.07) is 0. The third-order valence-electron chi connectivity index (χ3n) is 1.66. The topological polar surface area (TPSA) is 124 Å². The predicted octanol–water partition coefficient (Wildman–Crippen LogP) is -1.19. The van der Waals surface area contributed by atoms with Gasteiger partial charge in [-0.1, -0.05) is 4.98 Å². The zero-order chi connectivity index (χ0) is 11.4. The first-order valence-electron chi connectivity index (χ1n) is 4.14. The number of carbonyl (C=O) groups excluding carboxylic acids is 1. The molecule has 0 aliphatic rings. The molecule has 0 bridgehead atoms. The van der Waals surface area contributed by atoms with Crippen molar-refractivity contribution in [3.63, 3.8) is 0 Å². The highest BCUT2D eigenvalue weighted by Crippen LogP contribution is 2.11. The molecule has 0 fully saturated rings. The van der Waals surface area contributed by atoms with E-state index in [4.69, 9.17) is 10.8 Å². The Kier molecular flexibility index (Phi) is 3.34. The lowest BCUT2D eigenvalue weighted by Gasteiger charge is -1.96. The number of amides is 1. The number of carbonyl (C=O) groups is 1. The van der Waals surface area contributed by atoms with E-state index in [0.29, 0.717) is 0 Å². The van der Waals surface area contributed by atoms with Gasteiger partial charge in [-0.2, -0.15) is 0 Å². The highest BCUT2D eigenvalue weighted by molar-refractivity contribution is 5.76. The summed E-state index contributed by atoms with van der Waals surface area (Å²) in [7, 11) is 0. The minimum atomic E-state index is -0.680. The van der Waals surface area contributed by atoms with Crippen molar-refractivity contribution in [1.29, 1.82) is 0 Å². The predicted molar refractivity (Wildman–Crippen MR) is 48.9 cm³/mol.